The molecule has 0 saturated carbocycles. The minimum absolute atomic E-state index is 0.168. The van der Waals surface area contributed by atoms with Crippen molar-refractivity contribution in [2.24, 2.45) is 5.73 Å². The molecule has 198 valence electrons. The van der Waals surface area contributed by atoms with Gasteiger partial charge >= 0.3 is 6.18 Å². The van der Waals surface area contributed by atoms with E-state index in [2.05, 4.69) is 31.8 Å². The molecule has 4 aromatic rings. The number of aryl methyl sites for hydroxylation is 1. The number of hydrogen-bond acceptors (Lipinski definition) is 7. The fourth-order valence-electron chi connectivity index (χ4n) is 4.77. The van der Waals surface area contributed by atoms with E-state index in [1.54, 1.807) is 37.4 Å². The van der Waals surface area contributed by atoms with Crippen LogP contribution in [0.2, 0.25) is 0 Å². The third-order valence-corrected chi connectivity index (χ3v) is 6.86. The van der Waals surface area contributed by atoms with Crippen molar-refractivity contribution >= 4 is 16.8 Å². The lowest BCUT2D eigenvalue weighted by Crippen LogP contribution is -2.45. The van der Waals surface area contributed by atoms with Crippen molar-refractivity contribution in [2.45, 2.75) is 26.6 Å². The van der Waals surface area contributed by atoms with E-state index in [9.17, 15) is 18.0 Å². The zero-order chi connectivity index (χ0) is 27.0. The highest BCUT2D eigenvalue weighted by molar-refractivity contribution is 6.00. The number of aromatic nitrogens is 3. The summed E-state index contributed by atoms with van der Waals surface area (Å²) in [6.45, 7) is 8.43. The number of alkyl halides is 3. The van der Waals surface area contributed by atoms with Crippen LogP contribution in [0.15, 0.2) is 47.1 Å². The number of nitrogens with zero attached hydrogens (tertiary/aromatic N) is 5. The number of halogens is 3. The van der Waals surface area contributed by atoms with Gasteiger partial charge in [-0.25, -0.2) is 9.97 Å². The van der Waals surface area contributed by atoms with Crippen LogP contribution < -0.4 is 5.73 Å². The Hall–Kier alpha value is -3.83. The first-order chi connectivity index (χ1) is 18.1. The van der Waals surface area contributed by atoms with Crippen LogP contribution in [0.4, 0.5) is 13.2 Å². The Labute approximate surface area is 217 Å². The van der Waals surface area contributed by atoms with E-state index in [-0.39, 0.29) is 22.6 Å². The summed E-state index contributed by atoms with van der Waals surface area (Å²) in [5.74, 6) is -0.206. The predicted octanol–water partition coefficient (Wildman–Crippen LogP) is 4.52. The van der Waals surface area contributed by atoms with E-state index in [4.69, 9.17) is 10.3 Å². The number of fused-ring (bicyclic) bond motifs is 1. The van der Waals surface area contributed by atoms with Gasteiger partial charge in [-0.2, -0.15) is 13.2 Å². The number of carbonyl (C=O) groups excluding carboxylic acids is 1. The molecule has 11 heteroatoms. The standard InChI is InChI=1S/C27H27F3N6O2/c1-3-35-6-8-36(9-7-35)15-17-10-20(12-21(11-17)27(28,29)30)26-32-14-19-5-4-18(13-22(19)33-26)24-23(25(31)37)16(2)38-34-24/h4-5,10-14H,3,6-9,15H2,1-2H3,(H2,31,37). The topological polar surface area (TPSA) is 101 Å². The first-order valence-corrected chi connectivity index (χ1v) is 12.3. The van der Waals surface area contributed by atoms with Gasteiger partial charge in [0.05, 0.1) is 11.1 Å². The normalized spacial score (nSPS) is 15.3. The Kier molecular flexibility index (Phi) is 6.89. The fourth-order valence-corrected chi connectivity index (χ4v) is 4.77. The van der Waals surface area contributed by atoms with Gasteiger partial charge in [0.2, 0.25) is 0 Å². The summed E-state index contributed by atoms with van der Waals surface area (Å²) in [6, 6.07) is 9.17. The molecule has 0 atom stereocenters. The molecule has 1 aliphatic rings. The maximum absolute atomic E-state index is 13.8. The number of nitrogens with two attached hydrogens (primary N) is 1. The second-order valence-corrected chi connectivity index (χ2v) is 9.42. The number of primary amides is 1. The van der Waals surface area contributed by atoms with Crippen LogP contribution in [0, 0.1) is 6.92 Å². The number of carbonyl (C=O) groups is 1. The minimum Gasteiger partial charge on any atom is -0.365 e. The highest BCUT2D eigenvalue weighted by Gasteiger charge is 2.32. The monoisotopic (exact) mass is 524 g/mol. The molecule has 1 saturated heterocycles. The molecule has 0 unspecified atom stereocenters. The fraction of sp³-hybridized carbons (Fsp3) is 0.333. The number of benzene rings is 2. The molecule has 1 amide bonds. The smallest absolute Gasteiger partial charge is 0.365 e. The van der Waals surface area contributed by atoms with Crippen LogP contribution in [0.25, 0.3) is 33.5 Å². The third-order valence-electron chi connectivity index (χ3n) is 6.86. The predicted molar refractivity (Wildman–Crippen MR) is 136 cm³/mol. The third kappa shape index (κ3) is 5.25. The van der Waals surface area contributed by atoms with Gasteiger partial charge in [0.25, 0.3) is 5.91 Å². The highest BCUT2D eigenvalue weighted by atomic mass is 19.4. The highest BCUT2D eigenvalue weighted by Crippen LogP contribution is 2.34. The molecule has 2 aromatic heterocycles. The van der Waals surface area contributed by atoms with Crippen molar-refractivity contribution in [1.82, 2.24) is 24.9 Å². The first kappa shape index (κ1) is 25.8. The van der Waals surface area contributed by atoms with E-state index in [0.29, 0.717) is 34.3 Å². The summed E-state index contributed by atoms with van der Waals surface area (Å²) < 4.78 is 46.6. The Morgan fingerprint density at radius 1 is 1.05 bits per heavy atom. The molecule has 8 nitrogen and oxygen atoms in total. The number of piperazine rings is 1. The molecular weight excluding hydrogens is 497 g/mol. The van der Waals surface area contributed by atoms with Crippen molar-refractivity contribution in [3.8, 4) is 22.6 Å². The molecule has 1 fully saturated rings. The SMILES string of the molecule is CCN1CCN(Cc2cc(-c3ncc4ccc(-c5noc(C)c5C(N)=O)cc4n3)cc(C(F)(F)F)c2)CC1. The summed E-state index contributed by atoms with van der Waals surface area (Å²) in [5, 5.41) is 4.64. The van der Waals surface area contributed by atoms with Gasteiger partial charge < -0.3 is 15.2 Å². The van der Waals surface area contributed by atoms with E-state index in [1.807, 2.05) is 0 Å². The first-order valence-electron chi connectivity index (χ1n) is 12.3. The van der Waals surface area contributed by atoms with E-state index < -0.39 is 17.6 Å². The molecule has 0 radical (unpaired) electrons. The molecule has 1 aliphatic heterocycles. The lowest BCUT2D eigenvalue weighted by atomic mass is 10.0. The number of likely N-dealkylation sites (N-methyl/N-ethyl adjacent to an activating group) is 1. The van der Waals surface area contributed by atoms with Gasteiger partial charge in [0, 0.05) is 55.4 Å². The molecule has 0 spiro atoms. The maximum atomic E-state index is 13.8. The number of rotatable bonds is 6. The van der Waals surface area contributed by atoms with Gasteiger partial charge in [-0.15, -0.1) is 0 Å². The lowest BCUT2D eigenvalue weighted by molar-refractivity contribution is -0.137. The van der Waals surface area contributed by atoms with Crippen LogP contribution in [0.1, 0.15) is 34.2 Å². The minimum atomic E-state index is -4.51. The Balaban J connectivity index is 1.52. The van der Waals surface area contributed by atoms with Crippen LogP contribution in [-0.2, 0) is 12.7 Å². The molecule has 0 bridgehead atoms. The Morgan fingerprint density at radius 2 is 1.79 bits per heavy atom. The summed E-state index contributed by atoms with van der Waals surface area (Å²) in [6.07, 6.45) is -2.94. The molecule has 5 rings (SSSR count). The van der Waals surface area contributed by atoms with Gasteiger partial charge in [-0.3, -0.25) is 9.69 Å². The lowest BCUT2D eigenvalue weighted by Gasteiger charge is -2.34. The quantitative estimate of drug-likeness (QED) is 0.396. The largest absolute Gasteiger partial charge is 0.416 e. The molecule has 2 N–H and O–H groups in total. The van der Waals surface area contributed by atoms with Gasteiger partial charge in [-0.1, -0.05) is 24.2 Å². The van der Waals surface area contributed by atoms with Crippen LogP contribution in [0.5, 0.6) is 0 Å². The Bertz CT molecular complexity index is 1490. The molecule has 38 heavy (non-hydrogen) atoms. The van der Waals surface area contributed by atoms with E-state index in [1.165, 1.54) is 6.07 Å². The number of hydrogen-bond donors (Lipinski definition) is 1. The van der Waals surface area contributed by atoms with E-state index in [0.717, 1.165) is 38.8 Å². The van der Waals surface area contributed by atoms with Crippen molar-refractivity contribution < 1.29 is 22.5 Å². The Morgan fingerprint density at radius 3 is 2.47 bits per heavy atom. The second-order valence-electron chi connectivity index (χ2n) is 9.42. The van der Waals surface area contributed by atoms with Crippen LogP contribution in [0.3, 0.4) is 0 Å². The van der Waals surface area contributed by atoms with Crippen molar-refractivity contribution in [3.05, 3.63) is 65.0 Å². The molecule has 0 aliphatic carbocycles. The molecule has 3 heterocycles. The summed E-state index contributed by atoms with van der Waals surface area (Å²) in [5.41, 5.74) is 7.07. The van der Waals surface area contributed by atoms with Crippen molar-refractivity contribution in [1.29, 1.82) is 0 Å². The molecule has 2 aromatic carbocycles. The summed E-state index contributed by atoms with van der Waals surface area (Å²) in [4.78, 5) is 25.3. The van der Waals surface area contributed by atoms with Gasteiger partial charge in [-0.05, 0) is 43.3 Å². The van der Waals surface area contributed by atoms with Crippen LogP contribution >= 0.6 is 0 Å². The van der Waals surface area contributed by atoms with Gasteiger partial charge in [0.1, 0.15) is 17.0 Å². The molecular formula is C27H27F3N6O2. The zero-order valence-electron chi connectivity index (χ0n) is 21.0. The maximum Gasteiger partial charge on any atom is 0.416 e. The number of amides is 1. The van der Waals surface area contributed by atoms with Crippen LogP contribution in [-0.4, -0.2) is 63.6 Å². The summed E-state index contributed by atoms with van der Waals surface area (Å²) >= 11 is 0. The zero-order valence-corrected chi connectivity index (χ0v) is 21.0. The van der Waals surface area contributed by atoms with Crippen molar-refractivity contribution in [3.63, 3.8) is 0 Å². The van der Waals surface area contributed by atoms with Crippen molar-refractivity contribution in [2.75, 3.05) is 32.7 Å². The van der Waals surface area contributed by atoms with E-state index >= 15 is 0 Å². The summed E-state index contributed by atoms with van der Waals surface area (Å²) in [7, 11) is 0. The van der Waals surface area contributed by atoms with Gasteiger partial charge in [0.15, 0.2) is 5.82 Å². The average Bonchev–Trinajstić information content (AvgIpc) is 3.29. The average molecular weight is 525 g/mol. The second kappa shape index (κ2) is 10.1.